The molecule has 0 aliphatic rings. The normalized spacial score (nSPS) is 12.6. The summed E-state index contributed by atoms with van der Waals surface area (Å²) in [6.45, 7) is 4.39. The molecule has 0 N–H and O–H groups in total. The van der Waals surface area contributed by atoms with Crippen LogP contribution in [0, 0.1) is 17.2 Å². The molecule has 0 rings (SSSR count). The van der Waals surface area contributed by atoms with Crippen LogP contribution in [0.4, 0.5) is 0 Å². The summed E-state index contributed by atoms with van der Waals surface area (Å²) in [7, 11) is 0. The molecule has 0 fully saturated rings. The highest BCUT2D eigenvalue weighted by Gasteiger charge is 2.10. The maximum absolute atomic E-state index is 12.0. The first-order chi connectivity index (χ1) is 13.7. The van der Waals surface area contributed by atoms with Crippen molar-refractivity contribution >= 4 is 5.78 Å². The Morgan fingerprint density at radius 2 is 1.43 bits per heavy atom. The Kier molecular flexibility index (Phi) is 20.9. The number of Topliss-reactive ketones (excluding diaryl/α,β-unsaturated/α-hetero) is 1. The van der Waals surface area contributed by atoms with Crippen molar-refractivity contribution in [2.24, 2.45) is 5.92 Å². The predicted molar refractivity (Wildman–Crippen MR) is 122 cm³/mol. The Bertz CT molecular complexity index is 444. The van der Waals surface area contributed by atoms with E-state index in [-0.39, 0.29) is 0 Å². The summed E-state index contributed by atoms with van der Waals surface area (Å²) < 4.78 is 0. The summed E-state index contributed by atoms with van der Waals surface area (Å²) in [5, 5.41) is 8.84. The monoisotopic (exact) mass is 387 g/mol. The molecule has 0 heterocycles. The predicted octanol–water partition coefficient (Wildman–Crippen LogP) is 8.48. The summed E-state index contributed by atoms with van der Waals surface area (Å²) in [4.78, 5) is 12.0. The standard InChI is InChI=1S/C26H45NO/c1-3-5-6-7-8-9-10-11-12-13-14-15-16-17-18-20-26(28)22-21-25(19-4-2)23-24-27/h8-9,11-12,25H,3-7,10,13-23H2,1-2H3/b9-8-,12-11-. The molecule has 2 nitrogen and oxygen atoms in total. The van der Waals surface area contributed by atoms with Crippen LogP contribution in [0.3, 0.4) is 0 Å². The molecular weight excluding hydrogens is 342 g/mol. The van der Waals surface area contributed by atoms with Crippen molar-refractivity contribution in [1.29, 1.82) is 5.26 Å². The zero-order chi connectivity index (χ0) is 20.7. The van der Waals surface area contributed by atoms with E-state index in [9.17, 15) is 4.79 Å². The molecule has 0 spiro atoms. The molecule has 0 saturated carbocycles. The van der Waals surface area contributed by atoms with Crippen LogP contribution in [-0.4, -0.2) is 5.78 Å². The number of ketones is 1. The van der Waals surface area contributed by atoms with E-state index in [4.69, 9.17) is 5.26 Å². The van der Waals surface area contributed by atoms with Gasteiger partial charge in [-0.2, -0.15) is 5.26 Å². The number of nitrogens with zero attached hydrogens (tertiary/aromatic N) is 1. The quantitative estimate of drug-likeness (QED) is 0.155. The van der Waals surface area contributed by atoms with Gasteiger partial charge in [-0.05, 0) is 57.3 Å². The van der Waals surface area contributed by atoms with Gasteiger partial charge in [-0.1, -0.05) is 76.7 Å². The minimum atomic E-state index is 0.393. The Labute approximate surface area is 175 Å². The van der Waals surface area contributed by atoms with Crippen molar-refractivity contribution in [3.8, 4) is 6.07 Å². The second-order valence-corrected chi connectivity index (χ2v) is 8.08. The van der Waals surface area contributed by atoms with E-state index in [2.05, 4.69) is 44.2 Å². The second-order valence-electron chi connectivity index (χ2n) is 8.08. The van der Waals surface area contributed by atoms with Gasteiger partial charge < -0.3 is 0 Å². The van der Waals surface area contributed by atoms with Gasteiger partial charge in [0.05, 0.1) is 6.07 Å². The first-order valence-corrected chi connectivity index (χ1v) is 11.9. The van der Waals surface area contributed by atoms with Crippen LogP contribution in [0.15, 0.2) is 24.3 Å². The van der Waals surface area contributed by atoms with Crippen LogP contribution < -0.4 is 0 Å². The van der Waals surface area contributed by atoms with E-state index in [1.54, 1.807) is 0 Å². The van der Waals surface area contributed by atoms with Crippen LogP contribution in [-0.2, 0) is 4.79 Å². The number of hydrogen-bond donors (Lipinski definition) is 0. The molecule has 0 aromatic rings. The Hall–Kier alpha value is -1.36. The second kappa shape index (κ2) is 21.9. The molecular formula is C26H45NO. The molecule has 2 heteroatoms. The zero-order valence-electron chi connectivity index (χ0n) is 18.8. The molecule has 28 heavy (non-hydrogen) atoms. The molecule has 1 unspecified atom stereocenters. The van der Waals surface area contributed by atoms with E-state index in [0.29, 0.717) is 24.5 Å². The molecule has 0 aliphatic heterocycles. The molecule has 0 aromatic carbocycles. The van der Waals surface area contributed by atoms with Gasteiger partial charge in [-0.25, -0.2) is 0 Å². The van der Waals surface area contributed by atoms with Gasteiger partial charge in [0.15, 0.2) is 0 Å². The van der Waals surface area contributed by atoms with Gasteiger partial charge in [0, 0.05) is 19.3 Å². The van der Waals surface area contributed by atoms with Crippen molar-refractivity contribution in [1.82, 2.24) is 0 Å². The van der Waals surface area contributed by atoms with Crippen LogP contribution >= 0.6 is 0 Å². The summed E-state index contributed by atoms with van der Waals surface area (Å²) in [6.07, 6.45) is 27.7. The Balaban J connectivity index is 3.45. The topological polar surface area (TPSA) is 40.9 Å². The van der Waals surface area contributed by atoms with Gasteiger partial charge in [-0.3, -0.25) is 4.79 Å². The van der Waals surface area contributed by atoms with Crippen molar-refractivity contribution in [3.05, 3.63) is 24.3 Å². The van der Waals surface area contributed by atoms with Crippen LogP contribution in [0.1, 0.15) is 123 Å². The molecule has 160 valence electrons. The highest BCUT2D eigenvalue weighted by molar-refractivity contribution is 5.78. The number of carbonyl (C=O) groups is 1. The van der Waals surface area contributed by atoms with Crippen molar-refractivity contribution in [3.63, 3.8) is 0 Å². The maximum atomic E-state index is 12.0. The largest absolute Gasteiger partial charge is 0.300 e. The lowest BCUT2D eigenvalue weighted by atomic mass is 9.93. The fourth-order valence-electron chi connectivity index (χ4n) is 3.51. The first-order valence-electron chi connectivity index (χ1n) is 11.9. The fourth-order valence-corrected chi connectivity index (χ4v) is 3.51. The zero-order valence-corrected chi connectivity index (χ0v) is 18.8. The molecule has 0 aliphatic carbocycles. The van der Waals surface area contributed by atoms with Crippen molar-refractivity contribution < 1.29 is 4.79 Å². The lowest BCUT2D eigenvalue weighted by Gasteiger charge is -2.11. The third kappa shape index (κ3) is 19.4. The summed E-state index contributed by atoms with van der Waals surface area (Å²) in [6, 6.07) is 2.26. The number of carbonyl (C=O) groups excluding carboxylic acids is 1. The average molecular weight is 388 g/mol. The number of allylic oxidation sites excluding steroid dienone is 4. The Morgan fingerprint density at radius 1 is 0.786 bits per heavy atom. The van der Waals surface area contributed by atoms with Gasteiger partial charge in [0.25, 0.3) is 0 Å². The SMILES string of the molecule is CCCCC/C=C\C/C=C\CCCCCCCC(=O)CCC(CC#N)CCC. The molecule has 1 atom stereocenters. The highest BCUT2D eigenvalue weighted by Crippen LogP contribution is 2.18. The van der Waals surface area contributed by atoms with Crippen LogP contribution in [0.25, 0.3) is 0 Å². The molecule has 0 amide bonds. The molecule has 0 radical (unpaired) electrons. The minimum Gasteiger partial charge on any atom is -0.300 e. The maximum Gasteiger partial charge on any atom is 0.132 e. The highest BCUT2D eigenvalue weighted by atomic mass is 16.1. The van der Waals surface area contributed by atoms with E-state index >= 15 is 0 Å². The van der Waals surface area contributed by atoms with Crippen molar-refractivity contribution in [2.45, 2.75) is 123 Å². The number of rotatable bonds is 20. The van der Waals surface area contributed by atoms with Crippen molar-refractivity contribution in [2.75, 3.05) is 0 Å². The van der Waals surface area contributed by atoms with E-state index < -0.39 is 0 Å². The molecule has 0 saturated heterocycles. The fraction of sp³-hybridized carbons (Fsp3) is 0.769. The number of hydrogen-bond acceptors (Lipinski definition) is 2. The van der Waals surface area contributed by atoms with E-state index in [1.807, 2.05) is 0 Å². The first kappa shape index (κ1) is 26.6. The lowest BCUT2D eigenvalue weighted by Crippen LogP contribution is -2.05. The number of unbranched alkanes of at least 4 members (excludes halogenated alkanes) is 8. The summed E-state index contributed by atoms with van der Waals surface area (Å²) in [5.74, 6) is 0.813. The molecule has 0 bridgehead atoms. The smallest absolute Gasteiger partial charge is 0.132 e. The van der Waals surface area contributed by atoms with Crippen LogP contribution in [0.2, 0.25) is 0 Å². The third-order valence-corrected chi connectivity index (χ3v) is 5.31. The summed E-state index contributed by atoms with van der Waals surface area (Å²) >= 11 is 0. The van der Waals surface area contributed by atoms with Gasteiger partial charge >= 0.3 is 0 Å². The summed E-state index contributed by atoms with van der Waals surface area (Å²) in [5.41, 5.74) is 0. The van der Waals surface area contributed by atoms with Gasteiger partial charge in [-0.15, -0.1) is 0 Å². The minimum absolute atomic E-state index is 0.393. The average Bonchev–Trinajstić information content (AvgIpc) is 2.69. The Morgan fingerprint density at radius 3 is 2.07 bits per heavy atom. The van der Waals surface area contributed by atoms with E-state index in [1.165, 1.54) is 57.8 Å². The van der Waals surface area contributed by atoms with Gasteiger partial charge in [0.2, 0.25) is 0 Å². The lowest BCUT2D eigenvalue weighted by molar-refractivity contribution is -0.119. The van der Waals surface area contributed by atoms with E-state index in [0.717, 1.165) is 38.5 Å². The van der Waals surface area contributed by atoms with Gasteiger partial charge in [0.1, 0.15) is 5.78 Å². The molecule has 0 aromatic heterocycles. The van der Waals surface area contributed by atoms with Crippen LogP contribution in [0.5, 0.6) is 0 Å². The third-order valence-electron chi connectivity index (χ3n) is 5.31. The number of nitriles is 1.